The van der Waals surface area contributed by atoms with Gasteiger partial charge in [0.05, 0.1) is 8.07 Å². The molecule has 0 bridgehead atoms. The Labute approximate surface area is 87.8 Å². The van der Waals surface area contributed by atoms with E-state index in [1.807, 2.05) is 6.07 Å². The average Bonchev–Trinajstić information content (AvgIpc) is 2.14. The van der Waals surface area contributed by atoms with E-state index >= 15 is 0 Å². The third kappa shape index (κ3) is 2.96. The van der Waals surface area contributed by atoms with Crippen LogP contribution in [0.15, 0.2) is 30.3 Å². The maximum absolute atomic E-state index is 9.08. The monoisotopic (exact) mass is 208 g/mol. The first kappa shape index (κ1) is 11.5. The van der Waals surface area contributed by atoms with Crippen molar-refractivity contribution in [2.24, 2.45) is 0 Å². The number of benzene rings is 1. The molecule has 0 aromatic heterocycles. The van der Waals surface area contributed by atoms with Gasteiger partial charge < -0.3 is 5.11 Å². The number of aliphatic hydroxyl groups is 1. The summed E-state index contributed by atoms with van der Waals surface area (Å²) in [5.41, 5.74) is 1.97. The summed E-state index contributed by atoms with van der Waals surface area (Å²) in [7, 11) is -1.21. The second kappa shape index (κ2) is 4.76. The summed E-state index contributed by atoms with van der Waals surface area (Å²) in [6.45, 7) is 7.38. The fraction of sp³-hybridized carbons (Fsp3) is 0.500. The Kier molecular flexibility index (Phi) is 3.90. The van der Waals surface area contributed by atoms with Crippen LogP contribution in [0.1, 0.15) is 17.5 Å². The van der Waals surface area contributed by atoms with E-state index in [-0.39, 0.29) is 0 Å². The molecule has 2 heteroatoms. The molecule has 1 aromatic rings. The zero-order chi connectivity index (χ0) is 10.6. The van der Waals surface area contributed by atoms with Crippen LogP contribution < -0.4 is 0 Å². The minimum atomic E-state index is -1.21. The smallest absolute Gasteiger partial charge is 0.0522 e. The van der Waals surface area contributed by atoms with Crippen molar-refractivity contribution in [1.29, 1.82) is 0 Å². The molecule has 0 heterocycles. The average molecular weight is 208 g/mol. The Hall–Kier alpha value is -0.603. The van der Waals surface area contributed by atoms with Crippen LogP contribution in [0, 0.1) is 0 Å². The fourth-order valence-corrected chi connectivity index (χ4v) is 4.10. The quantitative estimate of drug-likeness (QED) is 0.754. The van der Waals surface area contributed by atoms with Gasteiger partial charge in [-0.05, 0) is 17.5 Å². The first-order chi connectivity index (χ1) is 6.55. The van der Waals surface area contributed by atoms with Crippen molar-refractivity contribution in [3.8, 4) is 0 Å². The summed E-state index contributed by atoms with van der Waals surface area (Å²) in [5, 5.41) is 9.08. The molecule has 0 radical (unpaired) electrons. The lowest BCUT2D eigenvalue weighted by Crippen LogP contribution is -2.31. The maximum Gasteiger partial charge on any atom is 0.0522 e. The van der Waals surface area contributed by atoms with E-state index in [0.717, 1.165) is 6.42 Å². The Bertz CT molecular complexity index is 263. The molecule has 0 aliphatic carbocycles. The third-order valence-electron chi connectivity index (χ3n) is 2.67. The Balaban J connectivity index is 2.89. The number of hydrogen-bond donors (Lipinski definition) is 1. The second-order valence-electron chi connectivity index (χ2n) is 4.84. The van der Waals surface area contributed by atoms with E-state index in [9.17, 15) is 0 Å². The van der Waals surface area contributed by atoms with Crippen LogP contribution in [0.25, 0.3) is 0 Å². The van der Waals surface area contributed by atoms with Crippen molar-refractivity contribution < 1.29 is 5.11 Å². The molecule has 0 spiro atoms. The summed E-state index contributed by atoms with van der Waals surface area (Å²) >= 11 is 0. The van der Waals surface area contributed by atoms with Gasteiger partial charge in [0.15, 0.2) is 0 Å². The van der Waals surface area contributed by atoms with Gasteiger partial charge in [-0.3, -0.25) is 0 Å². The van der Waals surface area contributed by atoms with Crippen molar-refractivity contribution in [2.75, 3.05) is 6.61 Å². The molecule has 1 atom stereocenters. The Morgan fingerprint density at radius 3 is 2.14 bits per heavy atom. The second-order valence-corrected chi connectivity index (χ2v) is 10.3. The van der Waals surface area contributed by atoms with Crippen LogP contribution in [0.2, 0.25) is 19.6 Å². The van der Waals surface area contributed by atoms with E-state index < -0.39 is 8.07 Å². The molecule has 1 N–H and O–H groups in total. The summed E-state index contributed by atoms with van der Waals surface area (Å²) < 4.78 is 0. The van der Waals surface area contributed by atoms with Gasteiger partial charge in [0, 0.05) is 6.61 Å². The molecule has 1 aromatic carbocycles. The van der Waals surface area contributed by atoms with Crippen LogP contribution in [0.4, 0.5) is 0 Å². The van der Waals surface area contributed by atoms with Crippen LogP contribution >= 0.6 is 0 Å². The molecule has 0 saturated heterocycles. The van der Waals surface area contributed by atoms with E-state index in [4.69, 9.17) is 5.11 Å². The maximum atomic E-state index is 9.08. The van der Waals surface area contributed by atoms with Crippen LogP contribution in [0.3, 0.4) is 0 Å². The number of aliphatic hydroxyl groups excluding tert-OH is 1. The zero-order valence-electron chi connectivity index (χ0n) is 9.33. The van der Waals surface area contributed by atoms with Crippen molar-refractivity contribution >= 4 is 8.07 Å². The van der Waals surface area contributed by atoms with Gasteiger partial charge in [-0.2, -0.15) is 0 Å². The highest BCUT2D eigenvalue weighted by Gasteiger charge is 2.27. The summed E-state index contributed by atoms with van der Waals surface area (Å²) in [6, 6.07) is 10.6. The van der Waals surface area contributed by atoms with E-state index in [0.29, 0.717) is 12.1 Å². The SMILES string of the molecule is C[Si](C)(C)C(CCO)c1ccccc1. The molecule has 0 aliphatic rings. The summed E-state index contributed by atoms with van der Waals surface area (Å²) in [4.78, 5) is 0. The molecule has 78 valence electrons. The minimum Gasteiger partial charge on any atom is -0.396 e. The molecular formula is C12H20OSi. The minimum absolute atomic E-state index is 0.295. The predicted molar refractivity (Wildman–Crippen MR) is 64.2 cm³/mol. The molecular weight excluding hydrogens is 188 g/mol. The van der Waals surface area contributed by atoms with Crippen LogP contribution in [-0.4, -0.2) is 19.8 Å². The summed E-state index contributed by atoms with van der Waals surface area (Å²) in [5.74, 6) is 0. The Morgan fingerprint density at radius 1 is 1.14 bits per heavy atom. The molecule has 0 fully saturated rings. The van der Waals surface area contributed by atoms with Gasteiger partial charge in [0.25, 0.3) is 0 Å². The highest BCUT2D eigenvalue weighted by atomic mass is 28.3. The normalized spacial score (nSPS) is 14.0. The zero-order valence-corrected chi connectivity index (χ0v) is 10.3. The lowest BCUT2D eigenvalue weighted by Gasteiger charge is -2.28. The highest BCUT2D eigenvalue weighted by Crippen LogP contribution is 2.29. The lowest BCUT2D eigenvalue weighted by atomic mass is 10.1. The largest absolute Gasteiger partial charge is 0.396 e. The number of rotatable bonds is 4. The third-order valence-corrected chi connectivity index (χ3v) is 5.38. The molecule has 0 amide bonds. The fourth-order valence-electron chi connectivity index (χ4n) is 1.91. The Morgan fingerprint density at radius 2 is 1.71 bits per heavy atom. The van der Waals surface area contributed by atoms with Gasteiger partial charge in [0.2, 0.25) is 0 Å². The van der Waals surface area contributed by atoms with E-state index in [1.165, 1.54) is 5.56 Å². The van der Waals surface area contributed by atoms with Gasteiger partial charge in [-0.1, -0.05) is 50.0 Å². The van der Waals surface area contributed by atoms with Crippen LogP contribution in [-0.2, 0) is 0 Å². The van der Waals surface area contributed by atoms with Gasteiger partial charge in [-0.15, -0.1) is 0 Å². The van der Waals surface area contributed by atoms with E-state index in [1.54, 1.807) is 0 Å². The summed E-state index contributed by atoms with van der Waals surface area (Å²) in [6.07, 6.45) is 0.903. The topological polar surface area (TPSA) is 20.2 Å². The van der Waals surface area contributed by atoms with Gasteiger partial charge in [0.1, 0.15) is 0 Å². The van der Waals surface area contributed by atoms with Crippen molar-refractivity contribution in [2.45, 2.75) is 31.6 Å². The van der Waals surface area contributed by atoms with Crippen LogP contribution in [0.5, 0.6) is 0 Å². The number of hydrogen-bond acceptors (Lipinski definition) is 1. The molecule has 1 nitrogen and oxygen atoms in total. The molecule has 1 rings (SSSR count). The predicted octanol–water partition coefficient (Wildman–Crippen LogP) is 3.03. The lowest BCUT2D eigenvalue weighted by molar-refractivity contribution is 0.285. The standard InChI is InChI=1S/C12H20OSi/c1-14(2,3)12(9-10-13)11-7-5-4-6-8-11/h4-8,12-13H,9-10H2,1-3H3. The van der Waals surface area contributed by atoms with Gasteiger partial charge in [-0.25, -0.2) is 0 Å². The molecule has 14 heavy (non-hydrogen) atoms. The van der Waals surface area contributed by atoms with Crippen molar-refractivity contribution in [3.63, 3.8) is 0 Å². The van der Waals surface area contributed by atoms with Crippen molar-refractivity contribution in [3.05, 3.63) is 35.9 Å². The molecule has 1 unspecified atom stereocenters. The van der Waals surface area contributed by atoms with Crippen molar-refractivity contribution in [1.82, 2.24) is 0 Å². The molecule has 0 saturated carbocycles. The highest BCUT2D eigenvalue weighted by molar-refractivity contribution is 6.77. The van der Waals surface area contributed by atoms with E-state index in [2.05, 4.69) is 43.9 Å². The first-order valence-electron chi connectivity index (χ1n) is 5.21. The molecule has 0 aliphatic heterocycles. The van der Waals surface area contributed by atoms with Gasteiger partial charge >= 0.3 is 0 Å². The first-order valence-corrected chi connectivity index (χ1v) is 8.79.